The molecule has 0 aliphatic carbocycles. The number of piperidine rings is 1. The van der Waals surface area contributed by atoms with Crippen molar-refractivity contribution in [2.24, 2.45) is 0 Å². The van der Waals surface area contributed by atoms with Crippen LogP contribution in [0.3, 0.4) is 0 Å². The van der Waals surface area contributed by atoms with E-state index in [9.17, 15) is 0 Å². The van der Waals surface area contributed by atoms with Gasteiger partial charge in [-0.15, -0.1) is 0 Å². The van der Waals surface area contributed by atoms with Gasteiger partial charge in [-0.2, -0.15) is 5.10 Å². The van der Waals surface area contributed by atoms with Crippen LogP contribution in [0.1, 0.15) is 19.3 Å². The van der Waals surface area contributed by atoms with Crippen molar-refractivity contribution in [3.05, 3.63) is 49.3 Å². The quantitative estimate of drug-likeness (QED) is 0.479. The van der Waals surface area contributed by atoms with E-state index in [1.165, 1.54) is 31.3 Å². The van der Waals surface area contributed by atoms with E-state index in [2.05, 4.69) is 58.2 Å². The summed E-state index contributed by atoms with van der Waals surface area (Å²) in [5.74, 6) is 0. The SMILES string of the molecule is c1ncc(-c2cnc3[nH]nc(-c4cc5c(N6CCCCC6)ccnc5[nH]4)c3c2)cn1. The molecule has 0 unspecified atom stereocenters. The number of fused-ring (bicyclic) bond motifs is 2. The lowest BCUT2D eigenvalue weighted by Gasteiger charge is -2.29. The molecule has 1 aliphatic heterocycles. The second-order valence-electron chi connectivity index (χ2n) is 7.64. The Morgan fingerprint density at radius 3 is 2.57 bits per heavy atom. The van der Waals surface area contributed by atoms with Crippen molar-refractivity contribution in [2.45, 2.75) is 19.3 Å². The van der Waals surface area contributed by atoms with E-state index in [4.69, 9.17) is 0 Å². The first-order chi connectivity index (χ1) is 14.9. The Balaban J connectivity index is 1.47. The van der Waals surface area contributed by atoms with Crippen LogP contribution < -0.4 is 4.90 Å². The van der Waals surface area contributed by atoms with Crippen molar-refractivity contribution in [3.8, 4) is 22.5 Å². The molecule has 0 aromatic carbocycles. The summed E-state index contributed by atoms with van der Waals surface area (Å²) >= 11 is 0. The van der Waals surface area contributed by atoms with E-state index in [0.717, 1.165) is 57.7 Å². The van der Waals surface area contributed by atoms with Gasteiger partial charge in [0, 0.05) is 65.5 Å². The first-order valence-electron chi connectivity index (χ1n) is 10.2. The number of anilines is 1. The van der Waals surface area contributed by atoms with Gasteiger partial charge in [0.05, 0.1) is 5.69 Å². The highest BCUT2D eigenvalue weighted by molar-refractivity contribution is 5.98. The van der Waals surface area contributed by atoms with Crippen molar-refractivity contribution >= 4 is 27.8 Å². The molecule has 1 saturated heterocycles. The fraction of sp³-hybridized carbons (Fsp3) is 0.227. The summed E-state index contributed by atoms with van der Waals surface area (Å²) in [5.41, 5.74) is 6.49. The standard InChI is InChI=1S/C22H20N8/c1-2-6-30(7-3-1)19-4-5-25-21-16(19)9-18(27-21)20-17-8-14(12-26-22(17)29-28-20)15-10-23-13-24-11-15/h4-5,8-13H,1-3,6-7H2,(H,25,27)(H,26,28,29). The number of hydrogen-bond donors (Lipinski definition) is 2. The number of H-pyrrole nitrogens is 2. The van der Waals surface area contributed by atoms with Gasteiger partial charge in [-0.05, 0) is 37.5 Å². The van der Waals surface area contributed by atoms with Crippen molar-refractivity contribution in [2.75, 3.05) is 18.0 Å². The van der Waals surface area contributed by atoms with Gasteiger partial charge in [-0.25, -0.2) is 19.9 Å². The number of nitrogens with zero attached hydrogens (tertiary/aromatic N) is 6. The molecule has 6 heterocycles. The maximum atomic E-state index is 4.56. The molecule has 0 radical (unpaired) electrons. The van der Waals surface area contributed by atoms with Gasteiger partial charge in [0.2, 0.25) is 0 Å². The monoisotopic (exact) mass is 396 g/mol. The molecule has 8 nitrogen and oxygen atoms in total. The van der Waals surface area contributed by atoms with Crippen LogP contribution in [0.15, 0.2) is 49.3 Å². The van der Waals surface area contributed by atoms with Crippen LogP contribution in [0.5, 0.6) is 0 Å². The van der Waals surface area contributed by atoms with Gasteiger partial charge in [-0.3, -0.25) is 5.10 Å². The largest absolute Gasteiger partial charge is 0.371 e. The van der Waals surface area contributed by atoms with E-state index in [0.29, 0.717) is 0 Å². The molecule has 0 atom stereocenters. The van der Waals surface area contributed by atoms with E-state index in [-0.39, 0.29) is 0 Å². The fourth-order valence-electron chi connectivity index (χ4n) is 4.27. The van der Waals surface area contributed by atoms with Gasteiger partial charge in [-0.1, -0.05) is 0 Å². The maximum Gasteiger partial charge on any atom is 0.155 e. The molecule has 0 saturated carbocycles. The van der Waals surface area contributed by atoms with Crippen molar-refractivity contribution in [1.82, 2.24) is 35.1 Å². The van der Waals surface area contributed by atoms with Gasteiger partial charge in [0.1, 0.15) is 17.7 Å². The maximum absolute atomic E-state index is 4.56. The van der Waals surface area contributed by atoms with E-state index in [1.807, 2.05) is 12.4 Å². The number of aromatic amines is 2. The summed E-state index contributed by atoms with van der Waals surface area (Å²) in [6, 6.07) is 6.34. The van der Waals surface area contributed by atoms with Gasteiger partial charge < -0.3 is 9.88 Å². The minimum absolute atomic E-state index is 0.744. The normalized spacial score (nSPS) is 14.6. The summed E-state index contributed by atoms with van der Waals surface area (Å²) in [4.78, 5) is 23.2. The lowest BCUT2D eigenvalue weighted by Crippen LogP contribution is -2.29. The zero-order valence-corrected chi connectivity index (χ0v) is 16.3. The smallest absolute Gasteiger partial charge is 0.155 e. The summed E-state index contributed by atoms with van der Waals surface area (Å²) in [5, 5.41) is 9.67. The molecule has 1 aliphatic rings. The number of hydrogen-bond acceptors (Lipinski definition) is 6. The molecule has 5 aromatic heterocycles. The van der Waals surface area contributed by atoms with E-state index < -0.39 is 0 Å². The van der Waals surface area contributed by atoms with Crippen molar-refractivity contribution in [3.63, 3.8) is 0 Å². The highest BCUT2D eigenvalue weighted by Crippen LogP contribution is 2.34. The Labute approximate surface area is 172 Å². The lowest BCUT2D eigenvalue weighted by molar-refractivity contribution is 0.579. The summed E-state index contributed by atoms with van der Waals surface area (Å²) in [6.07, 6.45) is 12.6. The first-order valence-corrected chi connectivity index (χ1v) is 10.2. The average molecular weight is 396 g/mol. The van der Waals surface area contributed by atoms with Crippen molar-refractivity contribution < 1.29 is 0 Å². The number of nitrogens with one attached hydrogen (secondary N) is 2. The van der Waals surface area contributed by atoms with Crippen LogP contribution in [0.25, 0.3) is 44.6 Å². The van der Waals surface area contributed by atoms with Crippen molar-refractivity contribution in [1.29, 1.82) is 0 Å². The molecule has 148 valence electrons. The third kappa shape index (κ3) is 2.80. The molecule has 2 N–H and O–H groups in total. The molecule has 8 heteroatoms. The molecular weight excluding hydrogens is 376 g/mol. The lowest BCUT2D eigenvalue weighted by atomic mass is 10.1. The van der Waals surface area contributed by atoms with Gasteiger partial charge in [0.15, 0.2) is 5.65 Å². The van der Waals surface area contributed by atoms with Crippen LogP contribution in [-0.4, -0.2) is 48.2 Å². The summed E-state index contributed by atoms with van der Waals surface area (Å²) < 4.78 is 0. The number of aromatic nitrogens is 7. The Morgan fingerprint density at radius 2 is 1.70 bits per heavy atom. The molecule has 30 heavy (non-hydrogen) atoms. The third-order valence-corrected chi connectivity index (χ3v) is 5.77. The summed E-state index contributed by atoms with van der Waals surface area (Å²) in [6.45, 7) is 2.19. The Bertz CT molecular complexity index is 1330. The van der Waals surface area contributed by atoms with Crippen LogP contribution in [0, 0.1) is 0 Å². The minimum atomic E-state index is 0.744. The predicted octanol–water partition coefficient (Wildman–Crippen LogP) is 3.95. The molecule has 0 amide bonds. The predicted molar refractivity (Wildman–Crippen MR) is 116 cm³/mol. The Kier molecular flexibility index (Phi) is 3.93. The van der Waals surface area contributed by atoms with Crippen LogP contribution in [0.4, 0.5) is 5.69 Å². The number of pyridine rings is 2. The Hall–Kier alpha value is -3.81. The first kappa shape index (κ1) is 17.1. The zero-order valence-electron chi connectivity index (χ0n) is 16.3. The average Bonchev–Trinajstić information content (AvgIpc) is 3.43. The number of rotatable bonds is 3. The molecule has 0 bridgehead atoms. The summed E-state index contributed by atoms with van der Waals surface area (Å²) in [7, 11) is 0. The van der Waals surface area contributed by atoms with E-state index >= 15 is 0 Å². The minimum Gasteiger partial charge on any atom is -0.371 e. The van der Waals surface area contributed by atoms with Crippen LogP contribution in [-0.2, 0) is 0 Å². The molecule has 6 rings (SSSR count). The second kappa shape index (κ2) is 6.91. The molecule has 1 fully saturated rings. The highest BCUT2D eigenvalue weighted by atomic mass is 15.2. The van der Waals surface area contributed by atoms with Crippen LogP contribution in [0.2, 0.25) is 0 Å². The fourth-order valence-corrected chi connectivity index (χ4v) is 4.27. The second-order valence-corrected chi connectivity index (χ2v) is 7.64. The molecular formula is C22H20N8. The van der Waals surface area contributed by atoms with Gasteiger partial charge >= 0.3 is 0 Å². The highest BCUT2D eigenvalue weighted by Gasteiger charge is 2.18. The third-order valence-electron chi connectivity index (χ3n) is 5.77. The van der Waals surface area contributed by atoms with Crippen LogP contribution >= 0.6 is 0 Å². The molecule has 5 aromatic rings. The Morgan fingerprint density at radius 1 is 0.833 bits per heavy atom. The topological polar surface area (TPSA) is 99.3 Å². The zero-order chi connectivity index (χ0) is 19.9. The molecule has 0 spiro atoms. The van der Waals surface area contributed by atoms with E-state index in [1.54, 1.807) is 12.4 Å². The van der Waals surface area contributed by atoms with Gasteiger partial charge in [0.25, 0.3) is 0 Å².